The second-order valence-electron chi connectivity index (χ2n) is 6.76. The number of thiazole rings is 1. The number of aliphatic hydroxyl groups is 2. The lowest BCUT2D eigenvalue weighted by Crippen LogP contribution is -2.25. The third-order valence-corrected chi connectivity index (χ3v) is 5.63. The highest BCUT2D eigenvalue weighted by atomic mass is 32.1. The van der Waals surface area contributed by atoms with E-state index >= 15 is 0 Å². The van der Waals surface area contributed by atoms with Gasteiger partial charge in [-0.05, 0) is 24.8 Å². The van der Waals surface area contributed by atoms with E-state index in [2.05, 4.69) is 10.3 Å². The normalized spacial score (nSPS) is 16.9. The molecule has 1 heterocycles. The number of carbonyl (C=O) groups is 1. The van der Waals surface area contributed by atoms with E-state index in [0.29, 0.717) is 16.7 Å². The molecule has 25 heavy (non-hydrogen) atoms. The molecule has 0 bridgehead atoms. The quantitative estimate of drug-likeness (QED) is 0.707. The number of rotatable bonds is 7. The lowest BCUT2D eigenvalue weighted by molar-refractivity contribution is -0.118. The van der Waals surface area contributed by atoms with E-state index < -0.39 is 6.10 Å². The molecule has 1 aromatic heterocycles. The SMILES string of the molecule is Cc1ccc(C(CC2CCC2)C(=O)Nc2nc(C(O)CO)cs2)cc1. The number of nitrogens with one attached hydrogen (secondary N) is 1. The first-order valence-corrected chi connectivity index (χ1v) is 9.56. The van der Waals surface area contributed by atoms with Crippen molar-refractivity contribution in [1.82, 2.24) is 4.98 Å². The summed E-state index contributed by atoms with van der Waals surface area (Å²) in [5, 5.41) is 23.6. The van der Waals surface area contributed by atoms with Crippen molar-refractivity contribution < 1.29 is 15.0 Å². The van der Waals surface area contributed by atoms with E-state index in [1.807, 2.05) is 31.2 Å². The van der Waals surface area contributed by atoms with Crippen molar-refractivity contribution in [2.45, 2.75) is 44.6 Å². The van der Waals surface area contributed by atoms with Crippen LogP contribution in [0.4, 0.5) is 5.13 Å². The van der Waals surface area contributed by atoms with Gasteiger partial charge in [0.2, 0.25) is 5.91 Å². The molecule has 1 aliphatic carbocycles. The van der Waals surface area contributed by atoms with Crippen LogP contribution in [0.2, 0.25) is 0 Å². The molecule has 0 saturated heterocycles. The van der Waals surface area contributed by atoms with Crippen LogP contribution in [0.5, 0.6) is 0 Å². The molecule has 1 aromatic carbocycles. The van der Waals surface area contributed by atoms with Gasteiger partial charge in [-0.2, -0.15) is 0 Å². The molecule has 3 rings (SSSR count). The van der Waals surface area contributed by atoms with Crippen molar-refractivity contribution in [2.24, 2.45) is 5.92 Å². The highest BCUT2D eigenvalue weighted by molar-refractivity contribution is 7.13. The summed E-state index contributed by atoms with van der Waals surface area (Å²) in [5.41, 5.74) is 2.59. The summed E-state index contributed by atoms with van der Waals surface area (Å²) in [7, 11) is 0. The first-order chi connectivity index (χ1) is 12.1. The van der Waals surface area contributed by atoms with Crippen molar-refractivity contribution >= 4 is 22.4 Å². The van der Waals surface area contributed by atoms with E-state index in [9.17, 15) is 9.90 Å². The number of aliphatic hydroxyl groups excluding tert-OH is 2. The van der Waals surface area contributed by atoms with Crippen LogP contribution in [0.3, 0.4) is 0 Å². The summed E-state index contributed by atoms with van der Waals surface area (Å²) < 4.78 is 0. The Morgan fingerprint density at radius 2 is 2.08 bits per heavy atom. The Morgan fingerprint density at radius 3 is 2.68 bits per heavy atom. The van der Waals surface area contributed by atoms with Crippen LogP contribution in [0.1, 0.15) is 54.5 Å². The number of amides is 1. The predicted octanol–water partition coefficient (Wildman–Crippen LogP) is 3.39. The summed E-state index contributed by atoms with van der Waals surface area (Å²) in [6.07, 6.45) is 3.48. The van der Waals surface area contributed by atoms with Gasteiger partial charge in [-0.3, -0.25) is 4.79 Å². The average Bonchev–Trinajstić information content (AvgIpc) is 3.02. The molecule has 134 valence electrons. The van der Waals surface area contributed by atoms with Gasteiger partial charge in [0.15, 0.2) is 5.13 Å². The summed E-state index contributed by atoms with van der Waals surface area (Å²) in [5.74, 6) is 0.358. The van der Waals surface area contributed by atoms with Crippen molar-refractivity contribution in [1.29, 1.82) is 0 Å². The van der Waals surface area contributed by atoms with Crippen LogP contribution in [0.25, 0.3) is 0 Å². The minimum Gasteiger partial charge on any atom is -0.393 e. The number of aromatic nitrogens is 1. The maximum absolute atomic E-state index is 12.9. The van der Waals surface area contributed by atoms with Gasteiger partial charge in [0, 0.05) is 5.38 Å². The van der Waals surface area contributed by atoms with Gasteiger partial charge in [-0.25, -0.2) is 4.98 Å². The predicted molar refractivity (Wildman–Crippen MR) is 98.7 cm³/mol. The molecule has 6 heteroatoms. The van der Waals surface area contributed by atoms with E-state index in [-0.39, 0.29) is 18.4 Å². The first kappa shape index (κ1) is 18.0. The number of carbonyl (C=O) groups excluding carboxylic acids is 1. The summed E-state index contributed by atoms with van der Waals surface area (Å²) in [6, 6.07) is 8.13. The zero-order valence-electron chi connectivity index (χ0n) is 14.3. The smallest absolute Gasteiger partial charge is 0.233 e. The van der Waals surface area contributed by atoms with Crippen LogP contribution >= 0.6 is 11.3 Å². The van der Waals surface area contributed by atoms with E-state index in [1.54, 1.807) is 5.38 Å². The molecule has 0 aliphatic heterocycles. The van der Waals surface area contributed by atoms with E-state index in [4.69, 9.17) is 5.11 Å². The van der Waals surface area contributed by atoms with E-state index in [1.165, 1.54) is 36.2 Å². The average molecular weight is 360 g/mol. The number of nitrogens with zero attached hydrogens (tertiary/aromatic N) is 1. The molecule has 1 fully saturated rings. The Balaban J connectivity index is 1.74. The molecule has 1 amide bonds. The molecular weight excluding hydrogens is 336 g/mol. The van der Waals surface area contributed by atoms with E-state index in [0.717, 1.165) is 12.0 Å². The standard InChI is InChI=1S/C19H24N2O3S/c1-12-5-7-14(8-6-12)15(9-13-3-2-4-13)18(24)21-19-20-16(11-25-19)17(23)10-22/h5-8,11,13,15,17,22-23H,2-4,9-10H2,1H3,(H,20,21,24). The molecule has 0 spiro atoms. The van der Waals surface area contributed by atoms with Gasteiger partial charge in [-0.1, -0.05) is 49.1 Å². The van der Waals surface area contributed by atoms with Crippen molar-refractivity contribution in [3.05, 3.63) is 46.5 Å². The number of hydrogen-bond donors (Lipinski definition) is 3. The van der Waals surface area contributed by atoms with Crippen LogP contribution < -0.4 is 5.32 Å². The lowest BCUT2D eigenvalue weighted by atomic mass is 9.77. The molecule has 0 radical (unpaired) electrons. The van der Waals surface area contributed by atoms with Crippen molar-refractivity contribution in [3.63, 3.8) is 0 Å². The van der Waals surface area contributed by atoms with Crippen molar-refractivity contribution in [2.75, 3.05) is 11.9 Å². The van der Waals surface area contributed by atoms with Crippen molar-refractivity contribution in [3.8, 4) is 0 Å². The molecule has 2 unspecified atom stereocenters. The number of anilines is 1. The number of hydrogen-bond acceptors (Lipinski definition) is 5. The second-order valence-corrected chi connectivity index (χ2v) is 7.62. The highest BCUT2D eigenvalue weighted by Gasteiger charge is 2.28. The fourth-order valence-electron chi connectivity index (χ4n) is 3.04. The molecule has 5 nitrogen and oxygen atoms in total. The fraction of sp³-hybridized carbons (Fsp3) is 0.474. The maximum atomic E-state index is 12.9. The third-order valence-electron chi connectivity index (χ3n) is 4.86. The summed E-state index contributed by atoms with van der Waals surface area (Å²) >= 11 is 1.26. The van der Waals surface area contributed by atoms with Gasteiger partial charge >= 0.3 is 0 Å². The summed E-state index contributed by atoms with van der Waals surface area (Å²) in [4.78, 5) is 17.1. The highest BCUT2D eigenvalue weighted by Crippen LogP contribution is 2.36. The van der Waals surface area contributed by atoms with Gasteiger partial charge in [0.25, 0.3) is 0 Å². The summed E-state index contributed by atoms with van der Waals surface area (Å²) in [6.45, 7) is 1.65. The van der Waals surface area contributed by atoms with Crippen LogP contribution in [-0.4, -0.2) is 27.7 Å². The minimum absolute atomic E-state index is 0.0601. The van der Waals surface area contributed by atoms with Crippen LogP contribution in [0, 0.1) is 12.8 Å². The lowest BCUT2D eigenvalue weighted by Gasteiger charge is -2.29. The first-order valence-electron chi connectivity index (χ1n) is 8.68. The second kappa shape index (κ2) is 8.08. The molecule has 1 saturated carbocycles. The maximum Gasteiger partial charge on any atom is 0.233 e. The topological polar surface area (TPSA) is 82.5 Å². The Hall–Kier alpha value is -1.76. The Kier molecular flexibility index (Phi) is 5.83. The Morgan fingerprint density at radius 1 is 1.36 bits per heavy atom. The van der Waals surface area contributed by atoms with Crippen LogP contribution in [0.15, 0.2) is 29.6 Å². The fourth-order valence-corrected chi connectivity index (χ4v) is 3.80. The third kappa shape index (κ3) is 4.45. The monoisotopic (exact) mass is 360 g/mol. The zero-order valence-corrected chi connectivity index (χ0v) is 15.1. The molecule has 3 N–H and O–H groups in total. The van der Waals surface area contributed by atoms with Gasteiger partial charge in [0.05, 0.1) is 18.2 Å². The molecule has 2 atom stereocenters. The van der Waals surface area contributed by atoms with Gasteiger partial charge in [0.1, 0.15) is 6.10 Å². The Labute approximate surface area is 151 Å². The Bertz CT molecular complexity index is 710. The largest absolute Gasteiger partial charge is 0.393 e. The zero-order chi connectivity index (χ0) is 17.8. The minimum atomic E-state index is -1.01. The number of aryl methyl sites for hydroxylation is 1. The van der Waals surface area contributed by atoms with Crippen LogP contribution in [-0.2, 0) is 4.79 Å². The van der Waals surface area contributed by atoms with Gasteiger partial charge < -0.3 is 15.5 Å². The van der Waals surface area contributed by atoms with Gasteiger partial charge in [-0.15, -0.1) is 11.3 Å². The number of benzene rings is 1. The molecular formula is C19H24N2O3S. The molecule has 1 aliphatic rings. The molecule has 2 aromatic rings.